The average Bonchev–Trinajstić information content (AvgIpc) is 3.36. The predicted octanol–water partition coefficient (Wildman–Crippen LogP) is 5.36. The summed E-state index contributed by atoms with van der Waals surface area (Å²) in [5, 5.41) is 7.45. The van der Waals surface area contributed by atoms with Gasteiger partial charge in [-0.3, -0.25) is 9.89 Å². The van der Waals surface area contributed by atoms with Gasteiger partial charge in [-0.05, 0) is 42.3 Å². The Balaban J connectivity index is 1.60. The lowest BCUT2D eigenvalue weighted by atomic mass is 9.96. The van der Waals surface area contributed by atoms with Crippen LogP contribution in [0.25, 0.3) is 11.3 Å². The van der Waals surface area contributed by atoms with Gasteiger partial charge in [-0.25, -0.2) is 4.39 Å². The van der Waals surface area contributed by atoms with Gasteiger partial charge >= 0.3 is 0 Å². The van der Waals surface area contributed by atoms with E-state index >= 15 is 0 Å². The number of rotatable bonds is 6. The Morgan fingerprint density at radius 3 is 2.41 bits per heavy atom. The Morgan fingerprint density at radius 1 is 1.00 bits per heavy atom. The van der Waals surface area contributed by atoms with Crippen LogP contribution in [0.5, 0.6) is 5.75 Å². The molecule has 0 spiro atoms. The summed E-state index contributed by atoms with van der Waals surface area (Å²) in [7, 11) is 0. The molecule has 6 heteroatoms. The Labute approximate surface area is 185 Å². The van der Waals surface area contributed by atoms with E-state index in [-0.39, 0.29) is 17.8 Å². The third-order valence-electron chi connectivity index (χ3n) is 5.68. The number of aromatic amines is 1. The van der Waals surface area contributed by atoms with Crippen LogP contribution in [0.3, 0.4) is 0 Å². The maximum Gasteiger partial charge on any atom is 0.273 e. The van der Waals surface area contributed by atoms with Crippen molar-refractivity contribution in [2.24, 2.45) is 0 Å². The minimum atomic E-state index is -0.327. The molecule has 4 aromatic rings. The lowest BCUT2D eigenvalue weighted by molar-refractivity contribution is 0.0730. The van der Waals surface area contributed by atoms with E-state index in [9.17, 15) is 9.18 Å². The molecule has 1 N–H and O–H groups in total. The van der Waals surface area contributed by atoms with Gasteiger partial charge in [0.1, 0.15) is 17.3 Å². The number of nitrogens with one attached hydrogen (secondary N) is 1. The Morgan fingerprint density at radius 2 is 1.72 bits per heavy atom. The number of ether oxygens (including phenoxy) is 1. The number of carbonyl (C=O) groups excluding carboxylic acids is 1. The van der Waals surface area contributed by atoms with Gasteiger partial charge in [0.15, 0.2) is 0 Å². The van der Waals surface area contributed by atoms with E-state index in [0.717, 1.165) is 33.7 Å². The average molecular weight is 427 g/mol. The Hall–Kier alpha value is -3.93. The van der Waals surface area contributed by atoms with Gasteiger partial charge in [-0.15, -0.1) is 0 Å². The third kappa shape index (κ3) is 3.54. The summed E-state index contributed by atoms with van der Waals surface area (Å²) in [6, 6.07) is 23.5. The van der Waals surface area contributed by atoms with Crippen molar-refractivity contribution < 1.29 is 13.9 Å². The number of amides is 1. The lowest BCUT2D eigenvalue weighted by Gasteiger charge is -2.26. The quantitative estimate of drug-likeness (QED) is 0.451. The van der Waals surface area contributed by atoms with Crippen LogP contribution < -0.4 is 4.74 Å². The normalized spacial score (nSPS) is 15.1. The molecule has 3 aromatic carbocycles. The molecule has 1 aliphatic heterocycles. The number of halogens is 1. The fourth-order valence-corrected chi connectivity index (χ4v) is 4.22. The van der Waals surface area contributed by atoms with Gasteiger partial charge in [0.05, 0.1) is 18.3 Å². The monoisotopic (exact) mass is 427 g/mol. The Bertz CT molecular complexity index is 1230. The number of nitrogens with zero attached hydrogens (tertiary/aromatic N) is 2. The molecule has 2 heterocycles. The molecule has 160 valence electrons. The van der Waals surface area contributed by atoms with Crippen LogP contribution in [0, 0.1) is 5.82 Å². The van der Waals surface area contributed by atoms with E-state index in [1.165, 1.54) is 12.1 Å². The van der Waals surface area contributed by atoms with Crippen LogP contribution in [0.1, 0.15) is 40.1 Å². The molecule has 32 heavy (non-hydrogen) atoms. The molecule has 0 fully saturated rings. The summed E-state index contributed by atoms with van der Waals surface area (Å²) in [5.41, 5.74) is 4.86. The number of carbonyl (C=O) groups is 1. The van der Waals surface area contributed by atoms with Crippen LogP contribution in [-0.4, -0.2) is 27.6 Å². The molecule has 0 radical (unpaired) electrons. The first-order valence-electron chi connectivity index (χ1n) is 10.6. The molecular weight excluding hydrogens is 405 g/mol. The topological polar surface area (TPSA) is 58.2 Å². The first kappa shape index (κ1) is 20.0. The zero-order chi connectivity index (χ0) is 22.1. The molecule has 1 aromatic heterocycles. The molecule has 5 rings (SSSR count). The zero-order valence-corrected chi connectivity index (χ0v) is 17.6. The molecule has 0 saturated carbocycles. The van der Waals surface area contributed by atoms with Crippen molar-refractivity contribution >= 4 is 5.91 Å². The van der Waals surface area contributed by atoms with Crippen molar-refractivity contribution in [1.29, 1.82) is 0 Å². The van der Waals surface area contributed by atoms with E-state index in [2.05, 4.69) is 10.2 Å². The van der Waals surface area contributed by atoms with Crippen molar-refractivity contribution in [2.45, 2.75) is 19.5 Å². The van der Waals surface area contributed by atoms with E-state index in [1.54, 1.807) is 17.0 Å². The first-order valence-corrected chi connectivity index (χ1v) is 10.6. The van der Waals surface area contributed by atoms with E-state index in [0.29, 0.717) is 18.8 Å². The first-order chi connectivity index (χ1) is 15.7. The molecule has 5 nitrogen and oxygen atoms in total. The SMILES string of the molecule is CCOc1ccc(C2c3c(-c4ccccc4)n[nH]c3C(=O)N2Cc2ccc(F)cc2)cc1. The van der Waals surface area contributed by atoms with Crippen molar-refractivity contribution in [2.75, 3.05) is 6.61 Å². The summed E-state index contributed by atoms with van der Waals surface area (Å²) in [4.78, 5) is 15.2. The Kier molecular flexibility index (Phi) is 5.19. The lowest BCUT2D eigenvalue weighted by Crippen LogP contribution is -2.29. The third-order valence-corrected chi connectivity index (χ3v) is 5.68. The van der Waals surface area contributed by atoms with Crippen molar-refractivity contribution in [3.05, 3.63) is 107 Å². The molecule has 1 amide bonds. The van der Waals surface area contributed by atoms with Crippen molar-refractivity contribution in [3.63, 3.8) is 0 Å². The van der Waals surface area contributed by atoms with E-state index in [4.69, 9.17) is 4.74 Å². The molecule has 0 saturated heterocycles. The molecule has 1 atom stereocenters. The standard InChI is InChI=1S/C26H22FN3O2/c1-2-32-21-14-10-19(11-15-21)25-22-23(18-6-4-3-5-7-18)28-29-24(22)26(31)30(25)16-17-8-12-20(27)13-9-17/h3-15,25H,2,16H2,1H3,(H,28,29). The number of benzene rings is 3. The summed E-state index contributed by atoms with van der Waals surface area (Å²) >= 11 is 0. The van der Waals surface area contributed by atoms with E-state index < -0.39 is 0 Å². The smallest absolute Gasteiger partial charge is 0.273 e. The van der Waals surface area contributed by atoms with Gasteiger partial charge in [0.2, 0.25) is 0 Å². The molecule has 0 bridgehead atoms. The second-order valence-corrected chi connectivity index (χ2v) is 7.69. The maximum absolute atomic E-state index is 13.4. The van der Waals surface area contributed by atoms with Crippen LogP contribution in [0.4, 0.5) is 4.39 Å². The summed E-state index contributed by atoms with van der Waals surface area (Å²) in [6.07, 6.45) is 0. The van der Waals surface area contributed by atoms with Gasteiger partial charge in [0.25, 0.3) is 5.91 Å². The van der Waals surface area contributed by atoms with Crippen LogP contribution in [0.15, 0.2) is 78.9 Å². The summed E-state index contributed by atoms with van der Waals surface area (Å²) in [5.74, 6) is 0.351. The molecule has 1 unspecified atom stereocenters. The van der Waals surface area contributed by atoms with Gasteiger partial charge < -0.3 is 9.64 Å². The highest BCUT2D eigenvalue weighted by Crippen LogP contribution is 2.43. The number of hydrogen-bond donors (Lipinski definition) is 1. The maximum atomic E-state index is 13.4. The second-order valence-electron chi connectivity index (χ2n) is 7.69. The molecule has 0 aliphatic carbocycles. The highest BCUT2D eigenvalue weighted by molar-refractivity contribution is 6.00. The minimum Gasteiger partial charge on any atom is -0.494 e. The van der Waals surface area contributed by atoms with Crippen LogP contribution >= 0.6 is 0 Å². The molecule has 1 aliphatic rings. The van der Waals surface area contributed by atoms with Crippen LogP contribution in [-0.2, 0) is 6.54 Å². The zero-order valence-electron chi connectivity index (χ0n) is 17.6. The fraction of sp³-hybridized carbons (Fsp3) is 0.154. The molecular formula is C26H22FN3O2. The van der Waals surface area contributed by atoms with E-state index in [1.807, 2.05) is 61.5 Å². The predicted molar refractivity (Wildman–Crippen MR) is 120 cm³/mol. The van der Waals surface area contributed by atoms with Gasteiger partial charge in [0, 0.05) is 17.7 Å². The number of H-pyrrole nitrogens is 1. The minimum absolute atomic E-state index is 0.127. The van der Waals surface area contributed by atoms with Gasteiger partial charge in [-0.1, -0.05) is 54.6 Å². The highest BCUT2D eigenvalue weighted by atomic mass is 19.1. The van der Waals surface area contributed by atoms with Crippen molar-refractivity contribution in [1.82, 2.24) is 15.1 Å². The van der Waals surface area contributed by atoms with Crippen molar-refractivity contribution in [3.8, 4) is 17.0 Å². The fourth-order valence-electron chi connectivity index (χ4n) is 4.22. The number of fused-ring (bicyclic) bond motifs is 1. The number of hydrogen-bond acceptors (Lipinski definition) is 3. The second kappa shape index (κ2) is 8.30. The largest absolute Gasteiger partial charge is 0.494 e. The summed E-state index contributed by atoms with van der Waals surface area (Å²) in [6.45, 7) is 2.88. The van der Waals surface area contributed by atoms with Gasteiger partial charge in [-0.2, -0.15) is 5.10 Å². The van der Waals surface area contributed by atoms with Crippen LogP contribution in [0.2, 0.25) is 0 Å². The highest BCUT2D eigenvalue weighted by Gasteiger charge is 2.42. The number of aromatic nitrogens is 2. The summed E-state index contributed by atoms with van der Waals surface area (Å²) < 4.78 is 19.0.